The van der Waals surface area contributed by atoms with Gasteiger partial charge in [0.1, 0.15) is 13.2 Å². The highest BCUT2D eigenvalue weighted by Gasteiger charge is 2.10. The van der Waals surface area contributed by atoms with Crippen molar-refractivity contribution in [1.29, 1.82) is 0 Å². The van der Waals surface area contributed by atoms with Crippen LogP contribution in [0.4, 0.5) is 0 Å². The van der Waals surface area contributed by atoms with Gasteiger partial charge in [-0.2, -0.15) is 9.46 Å². The summed E-state index contributed by atoms with van der Waals surface area (Å²) in [5.74, 6) is -1.09. The highest BCUT2D eigenvalue weighted by Crippen LogP contribution is 2.11. The van der Waals surface area contributed by atoms with Gasteiger partial charge in [-0.15, -0.1) is 0 Å². The highest BCUT2D eigenvalue weighted by atomic mass is 16.5. The molecule has 3 rings (SSSR count). The van der Waals surface area contributed by atoms with E-state index in [1.165, 1.54) is 49.1 Å². The Morgan fingerprint density at radius 3 is 1.50 bits per heavy atom. The van der Waals surface area contributed by atoms with Gasteiger partial charge in [-0.3, -0.25) is 0 Å². The first kappa shape index (κ1) is 18.8. The molecule has 0 unspecified atom stereocenters. The molecule has 0 amide bonds. The molecular weight excluding hydrogens is 364 g/mol. The van der Waals surface area contributed by atoms with E-state index in [4.69, 9.17) is 9.47 Å². The summed E-state index contributed by atoms with van der Waals surface area (Å²) < 4.78 is 11.6. The normalized spacial score (nSPS) is 10.3. The van der Waals surface area contributed by atoms with Crippen LogP contribution in [-0.2, 0) is 22.7 Å². The number of hydrogen-bond donors (Lipinski definition) is 0. The van der Waals surface area contributed by atoms with Gasteiger partial charge in [-0.1, -0.05) is 18.2 Å². The molecule has 8 nitrogen and oxygen atoms in total. The predicted molar refractivity (Wildman–Crippen MR) is 95.5 cm³/mol. The lowest BCUT2D eigenvalue weighted by atomic mass is 10.1. The van der Waals surface area contributed by atoms with E-state index < -0.39 is 11.9 Å². The maximum Gasteiger partial charge on any atom is 0.338 e. The second-order valence-electron chi connectivity index (χ2n) is 5.87. The molecular formula is C20H16N2O6. The number of rotatable bonds is 6. The van der Waals surface area contributed by atoms with Crippen LogP contribution < -0.4 is 9.46 Å². The number of hydrogen-bond acceptors (Lipinski definition) is 6. The summed E-state index contributed by atoms with van der Waals surface area (Å²) in [5.41, 5.74) is 2.01. The van der Waals surface area contributed by atoms with Crippen LogP contribution >= 0.6 is 0 Å². The largest absolute Gasteiger partial charge is 0.619 e. The molecule has 0 aliphatic heterocycles. The van der Waals surface area contributed by atoms with Crippen molar-refractivity contribution in [3.63, 3.8) is 0 Å². The third-order valence-electron chi connectivity index (χ3n) is 3.81. The Hall–Kier alpha value is -3.94. The maximum absolute atomic E-state index is 12.0. The standard InChI is InChI=1S/C20H16N2O6/c23-19(17-4-8-21(25)9-5-17)27-13-15-2-1-3-16(12-15)14-28-20(24)18-6-10-22(26)11-7-18/h1-12H,13-14H2. The minimum Gasteiger partial charge on any atom is -0.619 e. The third-order valence-corrected chi connectivity index (χ3v) is 3.81. The zero-order chi connectivity index (χ0) is 19.9. The molecule has 0 bridgehead atoms. The average molecular weight is 380 g/mol. The zero-order valence-corrected chi connectivity index (χ0v) is 14.7. The summed E-state index contributed by atoms with van der Waals surface area (Å²) in [6.45, 7) is 0.0736. The van der Waals surface area contributed by atoms with Crippen LogP contribution in [0.5, 0.6) is 0 Å². The van der Waals surface area contributed by atoms with Gasteiger partial charge in [0.25, 0.3) is 0 Å². The van der Waals surface area contributed by atoms with Crippen LogP contribution in [0.25, 0.3) is 0 Å². The van der Waals surface area contributed by atoms with Crippen molar-refractivity contribution in [2.75, 3.05) is 0 Å². The van der Waals surface area contributed by atoms with Gasteiger partial charge in [-0.05, 0) is 17.2 Å². The first-order valence-electron chi connectivity index (χ1n) is 8.31. The summed E-state index contributed by atoms with van der Waals surface area (Å²) in [5, 5.41) is 22.0. The molecule has 1 aromatic carbocycles. The molecule has 0 fully saturated rings. The number of ether oxygens (including phenoxy) is 2. The Bertz CT molecular complexity index is 894. The van der Waals surface area contributed by atoms with Crippen molar-refractivity contribution in [3.8, 4) is 0 Å². The smallest absolute Gasteiger partial charge is 0.338 e. The number of pyridine rings is 2. The van der Waals surface area contributed by atoms with E-state index in [2.05, 4.69) is 0 Å². The molecule has 0 radical (unpaired) electrons. The molecule has 0 N–H and O–H groups in total. The van der Waals surface area contributed by atoms with Crippen molar-refractivity contribution < 1.29 is 28.5 Å². The fourth-order valence-corrected chi connectivity index (χ4v) is 2.37. The average Bonchev–Trinajstić information content (AvgIpc) is 2.71. The summed E-state index contributed by atoms with van der Waals surface area (Å²) in [6, 6.07) is 12.6. The van der Waals surface area contributed by atoms with Gasteiger partial charge >= 0.3 is 11.9 Å². The van der Waals surface area contributed by atoms with Gasteiger partial charge in [0.05, 0.1) is 11.1 Å². The Morgan fingerprint density at radius 1 is 0.714 bits per heavy atom. The van der Waals surface area contributed by atoms with Gasteiger partial charge < -0.3 is 19.9 Å². The SMILES string of the molecule is O=C(OCc1cccc(COC(=O)c2cc[n+]([O-])cc2)c1)c1cc[n+]([O-])cc1. The molecule has 28 heavy (non-hydrogen) atoms. The van der Waals surface area contributed by atoms with Crippen molar-refractivity contribution in [2.24, 2.45) is 0 Å². The maximum atomic E-state index is 12.0. The fourth-order valence-electron chi connectivity index (χ4n) is 2.37. The Balaban J connectivity index is 1.54. The summed E-state index contributed by atoms with van der Waals surface area (Å²) in [4.78, 5) is 24.0. The van der Waals surface area contributed by atoms with E-state index >= 15 is 0 Å². The number of carbonyl (C=O) groups is 2. The molecule has 0 saturated carbocycles. The molecule has 0 spiro atoms. The quantitative estimate of drug-likeness (QED) is 0.366. The number of carbonyl (C=O) groups excluding carboxylic acids is 2. The number of esters is 2. The second kappa shape index (κ2) is 8.63. The number of aromatic nitrogens is 2. The van der Waals surface area contributed by atoms with E-state index in [0.717, 1.165) is 11.1 Å². The number of nitrogens with zero attached hydrogens (tertiary/aromatic N) is 2. The first-order valence-corrected chi connectivity index (χ1v) is 8.31. The van der Waals surface area contributed by atoms with Crippen LogP contribution in [0, 0.1) is 10.4 Å². The summed E-state index contributed by atoms with van der Waals surface area (Å²) in [6.07, 6.45) is 4.87. The van der Waals surface area contributed by atoms with E-state index in [-0.39, 0.29) is 24.3 Å². The van der Waals surface area contributed by atoms with E-state index in [0.29, 0.717) is 9.46 Å². The third kappa shape index (κ3) is 5.04. The molecule has 3 aromatic rings. The Morgan fingerprint density at radius 2 is 1.11 bits per heavy atom. The zero-order valence-electron chi connectivity index (χ0n) is 14.7. The van der Waals surface area contributed by atoms with Gasteiger partial charge in [0.2, 0.25) is 0 Å². The topological polar surface area (TPSA) is 106 Å². The lowest BCUT2D eigenvalue weighted by molar-refractivity contribution is -0.605. The molecule has 0 aliphatic carbocycles. The van der Waals surface area contributed by atoms with Gasteiger partial charge in [-0.25, -0.2) is 9.59 Å². The molecule has 0 aliphatic rings. The Kier molecular flexibility index (Phi) is 5.81. The lowest BCUT2D eigenvalue weighted by Crippen LogP contribution is -2.24. The van der Waals surface area contributed by atoms with E-state index in [1.54, 1.807) is 24.3 Å². The Labute approximate surface area is 160 Å². The predicted octanol–water partition coefficient (Wildman–Crippen LogP) is 1.67. The minimum atomic E-state index is -0.544. The minimum absolute atomic E-state index is 0.0368. The van der Waals surface area contributed by atoms with E-state index in [9.17, 15) is 20.0 Å². The molecule has 142 valence electrons. The second-order valence-corrected chi connectivity index (χ2v) is 5.87. The molecule has 2 aromatic heterocycles. The lowest BCUT2D eigenvalue weighted by Gasteiger charge is -2.08. The van der Waals surface area contributed by atoms with E-state index in [1.807, 2.05) is 0 Å². The van der Waals surface area contributed by atoms with Gasteiger partial charge in [0.15, 0.2) is 24.8 Å². The van der Waals surface area contributed by atoms with Crippen LogP contribution in [0.1, 0.15) is 31.8 Å². The summed E-state index contributed by atoms with van der Waals surface area (Å²) in [7, 11) is 0. The van der Waals surface area contributed by atoms with Crippen molar-refractivity contribution in [1.82, 2.24) is 0 Å². The molecule has 0 atom stereocenters. The fraction of sp³-hybridized carbons (Fsp3) is 0.100. The van der Waals surface area contributed by atoms with Crippen molar-refractivity contribution in [2.45, 2.75) is 13.2 Å². The summed E-state index contributed by atoms with van der Waals surface area (Å²) >= 11 is 0. The molecule has 8 heteroatoms. The monoisotopic (exact) mass is 380 g/mol. The van der Waals surface area contributed by atoms with Crippen LogP contribution in [-0.4, -0.2) is 11.9 Å². The number of benzene rings is 1. The molecule has 2 heterocycles. The first-order chi connectivity index (χ1) is 13.5. The van der Waals surface area contributed by atoms with Crippen LogP contribution in [0.3, 0.4) is 0 Å². The van der Waals surface area contributed by atoms with Crippen LogP contribution in [0.2, 0.25) is 0 Å². The van der Waals surface area contributed by atoms with Crippen molar-refractivity contribution in [3.05, 3.63) is 106 Å². The van der Waals surface area contributed by atoms with Gasteiger partial charge in [0, 0.05) is 24.3 Å². The van der Waals surface area contributed by atoms with Crippen LogP contribution in [0.15, 0.2) is 73.3 Å². The molecule has 0 saturated heterocycles. The van der Waals surface area contributed by atoms with Crippen molar-refractivity contribution >= 4 is 11.9 Å². The highest BCUT2D eigenvalue weighted by molar-refractivity contribution is 5.89.